The number of hydrogen-bond donors (Lipinski definition) is 0. The van der Waals surface area contributed by atoms with Crippen molar-refractivity contribution in [2.75, 3.05) is 0 Å². The van der Waals surface area contributed by atoms with Gasteiger partial charge in [0, 0.05) is 0 Å². The van der Waals surface area contributed by atoms with Gasteiger partial charge in [0.05, 0.1) is 22.3 Å². The Labute approximate surface area is 261 Å². The van der Waals surface area contributed by atoms with Gasteiger partial charge in [0.2, 0.25) is 0 Å². The van der Waals surface area contributed by atoms with Crippen LogP contribution in [0.3, 0.4) is 0 Å². The van der Waals surface area contributed by atoms with Crippen molar-refractivity contribution in [3.05, 3.63) is 68.8 Å². The molecule has 0 saturated heterocycles. The molecule has 8 nitrogen and oxygen atoms in total. The number of carbonyl (C=O) groups excluding carboxylic acids is 4. The van der Waals surface area contributed by atoms with Crippen LogP contribution in [-0.4, -0.2) is 46.3 Å². The van der Waals surface area contributed by atoms with Gasteiger partial charge in [0.1, 0.15) is 22.4 Å². The standard InChI is InChI=1S/C36H48O8/c1-33(2,3)41-29(37)25-21-13-14-22(26(25)30(38)42-34(4,5)6)19-20-24-16-15-23(18-17-21)27(31(39)43-35(7,8)9)28(24)32(40)44-36(10,11)12/h13-16H,17-20H2,1-12H3. The Kier molecular flexibility index (Phi) is 9.79. The normalized spacial score (nSPS) is 13.9. The smallest absolute Gasteiger partial charge is 0.339 e. The number of rotatable bonds is 4. The van der Waals surface area contributed by atoms with Gasteiger partial charge in [-0.25, -0.2) is 19.2 Å². The molecule has 0 atom stereocenters. The number of esters is 4. The lowest BCUT2D eigenvalue weighted by Gasteiger charge is -2.27. The maximum Gasteiger partial charge on any atom is 0.339 e. The number of benzene rings is 2. The van der Waals surface area contributed by atoms with Crippen LogP contribution < -0.4 is 0 Å². The molecular weight excluding hydrogens is 560 g/mol. The maximum atomic E-state index is 13.7. The van der Waals surface area contributed by atoms with Crippen LogP contribution in [0.4, 0.5) is 0 Å². The SMILES string of the molecule is CC(C)(C)OC(=O)c1c2ccc(c1C(=O)OC(C)(C)C)CCc1ccc(c(C(=O)OC(C)(C)C)c1C(=O)OC(C)(C)C)CC2. The summed E-state index contributed by atoms with van der Waals surface area (Å²) in [5.41, 5.74) is -0.286. The van der Waals surface area contributed by atoms with Gasteiger partial charge in [0.15, 0.2) is 0 Å². The lowest BCUT2D eigenvalue weighted by molar-refractivity contribution is 0.00152. The number of ether oxygens (including phenoxy) is 4. The van der Waals surface area contributed by atoms with E-state index in [1.54, 1.807) is 83.1 Å². The summed E-state index contributed by atoms with van der Waals surface area (Å²) >= 11 is 0. The molecule has 0 heterocycles. The molecule has 0 spiro atoms. The van der Waals surface area contributed by atoms with Crippen molar-refractivity contribution in [1.82, 2.24) is 0 Å². The van der Waals surface area contributed by atoms with Gasteiger partial charge in [-0.1, -0.05) is 24.3 Å². The van der Waals surface area contributed by atoms with E-state index in [2.05, 4.69) is 0 Å². The van der Waals surface area contributed by atoms with Crippen molar-refractivity contribution in [3.8, 4) is 0 Å². The van der Waals surface area contributed by atoms with Crippen molar-refractivity contribution in [2.24, 2.45) is 0 Å². The molecule has 4 bridgehead atoms. The summed E-state index contributed by atoms with van der Waals surface area (Å²) in [7, 11) is 0. The van der Waals surface area contributed by atoms with Crippen molar-refractivity contribution < 1.29 is 38.1 Å². The lowest BCUT2D eigenvalue weighted by Crippen LogP contribution is -2.31. The minimum absolute atomic E-state index is 0.160. The van der Waals surface area contributed by atoms with Crippen molar-refractivity contribution >= 4 is 23.9 Å². The van der Waals surface area contributed by atoms with Gasteiger partial charge in [0.25, 0.3) is 0 Å². The van der Waals surface area contributed by atoms with Gasteiger partial charge < -0.3 is 18.9 Å². The Morgan fingerprint density at radius 3 is 0.682 bits per heavy atom. The third-order valence-electron chi connectivity index (χ3n) is 6.50. The first kappa shape index (κ1) is 34.8. The second kappa shape index (κ2) is 12.4. The second-order valence-corrected chi connectivity index (χ2v) is 15.3. The molecule has 8 heteroatoms. The molecule has 0 amide bonds. The van der Waals surface area contributed by atoms with Gasteiger partial charge in [-0.15, -0.1) is 0 Å². The van der Waals surface area contributed by atoms with E-state index >= 15 is 0 Å². The Bertz CT molecular complexity index is 1230. The quantitative estimate of drug-likeness (QED) is 0.261. The zero-order valence-corrected chi connectivity index (χ0v) is 28.4. The summed E-state index contributed by atoms with van der Waals surface area (Å²) in [6.07, 6.45) is 1.09. The summed E-state index contributed by atoms with van der Waals surface area (Å²) in [5, 5.41) is 0. The van der Waals surface area contributed by atoms with Crippen molar-refractivity contribution in [3.63, 3.8) is 0 Å². The van der Waals surface area contributed by atoms with E-state index in [0.717, 1.165) is 0 Å². The van der Waals surface area contributed by atoms with E-state index < -0.39 is 46.3 Å². The molecule has 0 saturated carbocycles. The fourth-order valence-electron chi connectivity index (χ4n) is 5.00. The molecule has 0 aromatic heterocycles. The number of hydrogen-bond acceptors (Lipinski definition) is 8. The molecular formula is C36H48O8. The summed E-state index contributed by atoms with van der Waals surface area (Å²) in [5.74, 6) is -2.49. The Morgan fingerprint density at radius 2 is 0.545 bits per heavy atom. The molecule has 0 fully saturated rings. The molecule has 2 aromatic carbocycles. The first-order chi connectivity index (χ1) is 20.0. The van der Waals surface area contributed by atoms with E-state index in [9.17, 15) is 19.2 Å². The highest BCUT2D eigenvalue weighted by atomic mass is 16.6. The van der Waals surface area contributed by atoms with E-state index in [0.29, 0.717) is 22.3 Å². The van der Waals surface area contributed by atoms with Crippen LogP contribution in [0.25, 0.3) is 0 Å². The highest BCUT2D eigenvalue weighted by Gasteiger charge is 2.34. The fourth-order valence-corrected chi connectivity index (χ4v) is 5.00. The van der Waals surface area contributed by atoms with Gasteiger partial charge >= 0.3 is 23.9 Å². The molecule has 0 aliphatic heterocycles. The molecule has 240 valence electrons. The fraction of sp³-hybridized carbons (Fsp3) is 0.556. The van der Waals surface area contributed by atoms with Crippen LogP contribution in [-0.2, 0) is 44.6 Å². The molecule has 2 aromatic rings. The summed E-state index contributed by atoms with van der Waals surface area (Å²) in [4.78, 5) is 55.0. The maximum absolute atomic E-state index is 13.7. The average molecular weight is 609 g/mol. The highest BCUT2D eigenvalue weighted by Crippen LogP contribution is 2.32. The van der Waals surface area contributed by atoms with E-state index in [1.165, 1.54) is 0 Å². The highest BCUT2D eigenvalue weighted by molar-refractivity contribution is 6.07. The van der Waals surface area contributed by atoms with Crippen LogP contribution in [0.2, 0.25) is 0 Å². The number of aryl methyl sites for hydroxylation is 4. The zero-order valence-electron chi connectivity index (χ0n) is 28.4. The Balaban J connectivity index is 2.30. The second-order valence-electron chi connectivity index (χ2n) is 15.3. The molecule has 0 unspecified atom stereocenters. The average Bonchev–Trinajstić information content (AvgIpc) is 2.79. The molecule has 4 aliphatic carbocycles. The van der Waals surface area contributed by atoms with Crippen LogP contribution in [0, 0.1) is 0 Å². The van der Waals surface area contributed by atoms with Gasteiger partial charge in [-0.3, -0.25) is 0 Å². The summed E-state index contributed by atoms with van der Waals surface area (Å²) in [6, 6.07) is 7.33. The third kappa shape index (κ3) is 9.16. The molecule has 6 rings (SSSR count). The third-order valence-corrected chi connectivity index (χ3v) is 6.50. The van der Waals surface area contributed by atoms with E-state index in [-0.39, 0.29) is 47.9 Å². The lowest BCUT2D eigenvalue weighted by atomic mass is 9.85. The first-order valence-corrected chi connectivity index (χ1v) is 15.2. The van der Waals surface area contributed by atoms with Crippen molar-refractivity contribution in [2.45, 2.75) is 131 Å². The predicted octanol–water partition coefficient (Wildman–Crippen LogP) is 7.39. The molecule has 0 N–H and O–H groups in total. The Morgan fingerprint density at radius 1 is 0.386 bits per heavy atom. The largest absolute Gasteiger partial charge is 0.456 e. The minimum Gasteiger partial charge on any atom is -0.456 e. The van der Waals surface area contributed by atoms with Gasteiger partial charge in [-0.05, 0) is 131 Å². The summed E-state index contributed by atoms with van der Waals surface area (Å²) in [6.45, 7) is 21.2. The zero-order chi connectivity index (χ0) is 33.4. The predicted molar refractivity (Wildman–Crippen MR) is 168 cm³/mol. The Hall–Kier alpha value is -3.68. The van der Waals surface area contributed by atoms with Crippen LogP contribution in [0.15, 0.2) is 24.3 Å². The summed E-state index contributed by atoms with van der Waals surface area (Å²) < 4.78 is 23.2. The van der Waals surface area contributed by atoms with E-state index in [1.807, 2.05) is 24.3 Å². The first-order valence-electron chi connectivity index (χ1n) is 15.2. The molecule has 44 heavy (non-hydrogen) atoms. The molecule has 4 aliphatic rings. The topological polar surface area (TPSA) is 105 Å². The van der Waals surface area contributed by atoms with Crippen LogP contribution >= 0.6 is 0 Å². The van der Waals surface area contributed by atoms with Crippen LogP contribution in [0.1, 0.15) is 147 Å². The van der Waals surface area contributed by atoms with Crippen molar-refractivity contribution in [1.29, 1.82) is 0 Å². The monoisotopic (exact) mass is 608 g/mol. The molecule has 0 radical (unpaired) electrons. The van der Waals surface area contributed by atoms with Gasteiger partial charge in [-0.2, -0.15) is 0 Å². The minimum atomic E-state index is -0.803. The van der Waals surface area contributed by atoms with E-state index in [4.69, 9.17) is 18.9 Å². The number of carbonyl (C=O) groups is 4. The van der Waals surface area contributed by atoms with Crippen LogP contribution in [0.5, 0.6) is 0 Å².